The zero-order valence-corrected chi connectivity index (χ0v) is 18.1. The fourth-order valence-electron chi connectivity index (χ4n) is 3.36. The average Bonchev–Trinajstić information content (AvgIpc) is 3.23. The molecule has 0 aliphatic carbocycles. The van der Waals surface area contributed by atoms with Gasteiger partial charge in [-0.15, -0.1) is 11.3 Å². The molecule has 0 saturated carbocycles. The standard InChI is InChI=1S/C20H27N3O3S2/c1-15(19-8-7-13-27-19)21-20(24)17-14-16(28(25,26)22(2)3)9-10-18(17)23-11-5-4-6-12-23/h7-10,13-15H,4-6,11-12H2,1-3H3,(H,21,24). The van der Waals surface area contributed by atoms with Crippen LogP contribution in [0.2, 0.25) is 0 Å². The summed E-state index contributed by atoms with van der Waals surface area (Å²) < 4.78 is 26.3. The summed E-state index contributed by atoms with van der Waals surface area (Å²) in [7, 11) is -0.630. The molecule has 152 valence electrons. The van der Waals surface area contributed by atoms with Crippen molar-refractivity contribution in [2.24, 2.45) is 0 Å². The highest BCUT2D eigenvalue weighted by atomic mass is 32.2. The molecule has 1 amide bonds. The largest absolute Gasteiger partial charge is 0.371 e. The first kappa shape index (κ1) is 20.8. The summed E-state index contributed by atoms with van der Waals surface area (Å²) in [6, 6.07) is 8.66. The van der Waals surface area contributed by atoms with Gasteiger partial charge in [0.2, 0.25) is 10.0 Å². The SMILES string of the molecule is CC(NC(=O)c1cc(S(=O)(=O)N(C)C)ccc1N1CCCCC1)c1cccs1. The lowest BCUT2D eigenvalue weighted by Crippen LogP contribution is -2.33. The Morgan fingerprint density at radius 3 is 2.50 bits per heavy atom. The first-order valence-corrected chi connectivity index (χ1v) is 11.8. The molecule has 2 aromatic rings. The van der Waals surface area contributed by atoms with Gasteiger partial charge in [0.15, 0.2) is 0 Å². The molecule has 0 bridgehead atoms. The van der Waals surface area contributed by atoms with Crippen LogP contribution in [-0.2, 0) is 10.0 Å². The molecule has 1 N–H and O–H groups in total. The molecule has 3 rings (SSSR count). The predicted octanol–water partition coefficient (Wildman–Crippen LogP) is 3.48. The number of sulfonamides is 1. The molecule has 1 aromatic heterocycles. The number of piperidine rings is 1. The van der Waals surface area contributed by atoms with Gasteiger partial charge in [-0.1, -0.05) is 6.07 Å². The second kappa shape index (κ2) is 8.63. The summed E-state index contributed by atoms with van der Waals surface area (Å²) in [6.45, 7) is 3.69. The maximum absolute atomic E-state index is 13.1. The van der Waals surface area contributed by atoms with Crippen molar-refractivity contribution in [1.82, 2.24) is 9.62 Å². The molecule has 1 atom stereocenters. The molecule has 1 unspecified atom stereocenters. The zero-order valence-electron chi connectivity index (χ0n) is 16.5. The van der Waals surface area contributed by atoms with Crippen molar-refractivity contribution < 1.29 is 13.2 Å². The van der Waals surface area contributed by atoms with E-state index in [0.29, 0.717) is 5.56 Å². The maximum atomic E-state index is 13.1. The fraction of sp³-hybridized carbons (Fsp3) is 0.450. The molecule has 0 radical (unpaired) electrons. The predicted molar refractivity (Wildman–Crippen MR) is 114 cm³/mol. The fourth-order valence-corrected chi connectivity index (χ4v) is 5.02. The Kier molecular flexibility index (Phi) is 6.42. The Hall–Kier alpha value is -1.90. The highest BCUT2D eigenvalue weighted by Crippen LogP contribution is 2.29. The van der Waals surface area contributed by atoms with E-state index in [-0.39, 0.29) is 16.8 Å². The van der Waals surface area contributed by atoms with Gasteiger partial charge in [-0.25, -0.2) is 12.7 Å². The Balaban J connectivity index is 1.97. The van der Waals surface area contributed by atoms with Gasteiger partial charge in [0.25, 0.3) is 5.91 Å². The average molecular weight is 422 g/mol. The van der Waals surface area contributed by atoms with Gasteiger partial charge in [-0.05, 0) is 55.8 Å². The van der Waals surface area contributed by atoms with E-state index in [9.17, 15) is 13.2 Å². The summed E-state index contributed by atoms with van der Waals surface area (Å²) in [5.41, 5.74) is 1.21. The van der Waals surface area contributed by atoms with Crippen LogP contribution in [0.1, 0.15) is 47.5 Å². The van der Waals surface area contributed by atoms with Crippen molar-refractivity contribution >= 4 is 33.0 Å². The first-order chi connectivity index (χ1) is 13.3. The van der Waals surface area contributed by atoms with Crippen LogP contribution in [0.15, 0.2) is 40.6 Å². The molecule has 1 aliphatic rings. The second-order valence-corrected chi connectivity index (χ2v) is 10.4. The number of hydrogen-bond donors (Lipinski definition) is 1. The number of thiophene rings is 1. The Bertz CT molecular complexity index is 918. The van der Waals surface area contributed by atoms with Crippen LogP contribution < -0.4 is 10.2 Å². The summed E-state index contributed by atoms with van der Waals surface area (Å²) >= 11 is 1.58. The van der Waals surface area contributed by atoms with E-state index in [4.69, 9.17) is 0 Å². The third-order valence-electron chi connectivity index (χ3n) is 5.01. The number of rotatable bonds is 6. The van der Waals surface area contributed by atoms with E-state index >= 15 is 0 Å². The van der Waals surface area contributed by atoms with Crippen molar-refractivity contribution in [1.29, 1.82) is 0 Å². The van der Waals surface area contributed by atoms with Crippen LogP contribution in [-0.4, -0.2) is 45.8 Å². The van der Waals surface area contributed by atoms with Crippen LogP contribution in [0.3, 0.4) is 0 Å². The lowest BCUT2D eigenvalue weighted by atomic mass is 10.1. The molecule has 1 fully saturated rings. The summed E-state index contributed by atoms with van der Waals surface area (Å²) in [4.78, 5) is 16.5. The second-order valence-electron chi connectivity index (χ2n) is 7.22. The first-order valence-electron chi connectivity index (χ1n) is 9.46. The highest BCUT2D eigenvalue weighted by molar-refractivity contribution is 7.89. The van der Waals surface area contributed by atoms with Crippen LogP contribution in [0.4, 0.5) is 5.69 Å². The Morgan fingerprint density at radius 2 is 1.89 bits per heavy atom. The Labute approximate surface area is 171 Å². The van der Waals surface area contributed by atoms with Gasteiger partial charge in [0, 0.05) is 37.7 Å². The summed E-state index contributed by atoms with van der Waals surface area (Å²) in [5, 5.41) is 5.00. The molecule has 6 nitrogen and oxygen atoms in total. The van der Waals surface area contributed by atoms with E-state index in [2.05, 4.69) is 10.2 Å². The lowest BCUT2D eigenvalue weighted by Gasteiger charge is -2.31. The lowest BCUT2D eigenvalue weighted by molar-refractivity contribution is 0.0940. The third kappa shape index (κ3) is 4.39. The number of nitrogens with zero attached hydrogens (tertiary/aromatic N) is 2. The van der Waals surface area contributed by atoms with Crippen molar-refractivity contribution in [3.63, 3.8) is 0 Å². The normalized spacial score (nSPS) is 16.2. The molecule has 1 aromatic carbocycles. The monoisotopic (exact) mass is 421 g/mol. The van der Waals surface area contributed by atoms with Crippen LogP contribution in [0.25, 0.3) is 0 Å². The number of hydrogen-bond acceptors (Lipinski definition) is 5. The van der Waals surface area contributed by atoms with Gasteiger partial charge in [0.1, 0.15) is 0 Å². The molecule has 2 heterocycles. The van der Waals surface area contributed by atoms with Crippen LogP contribution >= 0.6 is 11.3 Å². The van der Waals surface area contributed by atoms with Crippen molar-refractivity contribution in [3.05, 3.63) is 46.2 Å². The molecule has 0 spiro atoms. The van der Waals surface area contributed by atoms with Gasteiger partial charge in [-0.3, -0.25) is 4.79 Å². The van der Waals surface area contributed by atoms with E-state index in [1.165, 1.54) is 30.9 Å². The number of anilines is 1. The van der Waals surface area contributed by atoms with E-state index in [0.717, 1.165) is 36.5 Å². The minimum absolute atomic E-state index is 0.132. The van der Waals surface area contributed by atoms with Gasteiger partial charge < -0.3 is 10.2 Å². The van der Waals surface area contributed by atoms with Crippen molar-refractivity contribution in [3.8, 4) is 0 Å². The minimum atomic E-state index is -3.62. The summed E-state index contributed by atoms with van der Waals surface area (Å²) in [6.07, 6.45) is 3.33. The van der Waals surface area contributed by atoms with Gasteiger partial charge in [0.05, 0.1) is 16.5 Å². The van der Waals surface area contributed by atoms with Crippen molar-refractivity contribution in [2.45, 2.75) is 37.1 Å². The third-order valence-corrected chi connectivity index (χ3v) is 7.87. The van der Waals surface area contributed by atoms with Crippen LogP contribution in [0.5, 0.6) is 0 Å². The zero-order chi connectivity index (χ0) is 20.3. The number of nitrogens with one attached hydrogen (secondary N) is 1. The maximum Gasteiger partial charge on any atom is 0.253 e. The number of carbonyl (C=O) groups is 1. The van der Waals surface area contributed by atoms with Gasteiger partial charge >= 0.3 is 0 Å². The van der Waals surface area contributed by atoms with E-state index in [1.54, 1.807) is 23.5 Å². The quantitative estimate of drug-likeness (QED) is 0.775. The number of amides is 1. The molecular formula is C20H27N3O3S2. The van der Waals surface area contributed by atoms with Crippen LogP contribution in [0, 0.1) is 0 Å². The number of carbonyl (C=O) groups excluding carboxylic acids is 1. The number of benzene rings is 1. The molecule has 1 aliphatic heterocycles. The van der Waals surface area contributed by atoms with E-state index < -0.39 is 10.0 Å². The topological polar surface area (TPSA) is 69.7 Å². The van der Waals surface area contributed by atoms with Gasteiger partial charge in [-0.2, -0.15) is 0 Å². The molecule has 28 heavy (non-hydrogen) atoms. The molecule has 8 heteroatoms. The Morgan fingerprint density at radius 1 is 1.18 bits per heavy atom. The van der Waals surface area contributed by atoms with Crippen molar-refractivity contribution in [2.75, 3.05) is 32.1 Å². The van der Waals surface area contributed by atoms with E-state index in [1.807, 2.05) is 24.4 Å². The highest BCUT2D eigenvalue weighted by Gasteiger charge is 2.25. The molecular weight excluding hydrogens is 394 g/mol. The minimum Gasteiger partial charge on any atom is -0.371 e. The summed E-state index contributed by atoms with van der Waals surface area (Å²) in [5.74, 6) is -0.253. The molecule has 1 saturated heterocycles. The smallest absolute Gasteiger partial charge is 0.253 e.